The second-order valence-corrected chi connectivity index (χ2v) is 6.53. The number of nitrogens with zero attached hydrogens (tertiary/aromatic N) is 1. The van der Waals surface area contributed by atoms with Gasteiger partial charge in [0.1, 0.15) is 5.75 Å². The van der Waals surface area contributed by atoms with E-state index in [4.69, 9.17) is 4.74 Å². The third kappa shape index (κ3) is 2.71. The fourth-order valence-corrected chi connectivity index (χ4v) is 3.94. The van der Waals surface area contributed by atoms with Crippen molar-refractivity contribution in [2.24, 2.45) is 5.92 Å². The molecule has 3 unspecified atom stereocenters. The number of likely N-dealkylation sites (tertiary alicyclic amines) is 1. The van der Waals surface area contributed by atoms with E-state index in [1.807, 2.05) is 6.07 Å². The molecule has 1 aliphatic rings. The molecule has 2 nitrogen and oxygen atoms in total. The molecule has 1 saturated heterocycles. The summed E-state index contributed by atoms with van der Waals surface area (Å²) in [6, 6.07) is 9.38. The van der Waals surface area contributed by atoms with Gasteiger partial charge in [0.25, 0.3) is 0 Å². The van der Waals surface area contributed by atoms with Crippen molar-refractivity contribution in [2.45, 2.75) is 51.5 Å². The Morgan fingerprint density at radius 2 is 2.10 bits per heavy atom. The van der Waals surface area contributed by atoms with Crippen molar-refractivity contribution >= 4 is 0 Å². The maximum Gasteiger partial charge on any atom is 0.119 e. The lowest BCUT2D eigenvalue weighted by molar-refractivity contribution is 0.0683. The fourth-order valence-electron chi connectivity index (χ4n) is 3.94. The molecule has 0 N–H and O–H groups in total. The molecule has 0 spiro atoms. The van der Waals surface area contributed by atoms with Crippen molar-refractivity contribution in [1.29, 1.82) is 0 Å². The summed E-state index contributed by atoms with van der Waals surface area (Å²) in [7, 11) is 4.01. The molecule has 0 aliphatic carbocycles. The summed E-state index contributed by atoms with van der Waals surface area (Å²) >= 11 is 0. The Morgan fingerprint density at radius 3 is 2.75 bits per heavy atom. The molecule has 112 valence electrons. The van der Waals surface area contributed by atoms with E-state index in [9.17, 15) is 0 Å². The monoisotopic (exact) mass is 275 g/mol. The standard InChI is InChI=1S/C18H29NO/c1-6-10-18(12-15(3)19(4)13-14(18)2)16-8-7-9-17(11-16)20-5/h7-9,11,14-15H,6,10,12-13H2,1-5H3. The first-order chi connectivity index (χ1) is 9.53. The minimum absolute atomic E-state index is 0.301. The third-order valence-corrected chi connectivity index (χ3v) is 5.26. The van der Waals surface area contributed by atoms with E-state index in [1.165, 1.54) is 31.4 Å². The molecule has 1 aromatic rings. The predicted molar refractivity (Wildman–Crippen MR) is 85.5 cm³/mol. The Hall–Kier alpha value is -1.02. The summed E-state index contributed by atoms with van der Waals surface area (Å²) < 4.78 is 5.44. The summed E-state index contributed by atoms with van der Waals surface area (Å²) in [4.78, 5) is 2.50. The first-order valence-corrected chi connectivity index (χ1v) is 7.88. The molecule has 0 radical (unpaired) electrons. The molecule has 0 saturated carbocycles. The molecule has 1 aromatic carbocycles. The molecule has 2 rings (SSSR count). The van der Waals surface area contributed by atoms with Crippen LogP contribution in [-0.4, -0.2) is 31.6 Å². The Balaban J connectivity index is 2.42. The van der Waals surface area contributed by atoms with Gasteiger partial charge in [-0.3, -0.25) is 0 Å². The highest BCUT2D eigenvalue weighted by atomic mass is 16.5. The van der Waals surface area contributed by atoms with Crippen LogP contribution in [0.3, 0.4) is 0 Å². The Kier molecular flexibility index (Phi) is 4.74. The van der Waals surface area contributed by atoms with Crippen molar-refractivity contribution in [2.75, 3.05) is 20.7 Å². The van der Waals surface area contributed by atoms with E-state index in [-0.39, 0.29) is 0 Å². The SMILES string of the molecule is CCCC1(c2cccc(OC)c2)CC(C)N(C)CC1C. The number of methoxy groups -OCH3 is 1. The van der Waals surface area contributed by atoms with Crippen LogP contribution < -0.4 is 4.74 Å². The van der Waals surface area contributed by atoms with Crippen LogP contribution in [0.15, 0.2) is 24.3 Å². The topological polar surface area (TPSA) is 12.5 Å². The lowest BCUT2D eigenvalue weighted by Crippen LogP contribution is -2.51. The van der Waals surface area contributed by atoms with Gasteiger partial charge in [0.05, 0.1) is 7.11 Å². The summed E-state index contributed by atoms with van der Waals surface area (Å²) in [5.41, 5.74) is 1.76. The largest absolute Gasteiger partial charge is 0.497 e. The van der Waals surface area contributed by atoms with Gasteiger partial charge in [0, 0.05) is 18.0 Å². The highest BCUT2D eigenvalue weighted by Gasteiger charge is 2.43. The molecule has 20 heavy (non-hydrogen) atoms. The van der Waals surface area contributed by atoms with Gasteiger partial charge in [-0.2, -0.15) is 0 Å². The maximum absolute atomic E-state index is 5.44. The van der Waals surface area contributed by atoms with Crippen molar-refractivity contribution in [3.63, 3.8) is 0 Å². The minimum Gasteiger partial charge on any atom is -0.497 e. The van der Waals surface area contributed by atoms with Gasteiger partial charge >= 0.3 is 0 Å². The quantitative estimate of drug-likeness (QED) is 0.820. The van der Waals surface area contributed by atoms with Gasteiger partial charge in [-0.15, -0.1) is 0 Å². The average molecular weight is 275 g/mol. The van der Waals surface area contributed by atoms with Crippen LogP contribution in [0.4, 0.5) is 0 Å². The van der Waals surface area contributed by atoms with E-state index < -0.39 is 0 Å². The van der Waals surface area contributed by atoms with E-state index >= 15 is 0 Å². The molecule has 0 amide bonds. The van der Waals surface area contributed by atoms with Gasteiger partial charge in [-0.25, -0.2) is 0 Å². The molecule has 1 aliphatic heterocycles. The number of hydrogen-bond acceptors (Lipinski definition) is 2. The van der Waals surface area contributed by atoms with Crippen molar-refractivity contribution < 1.29 is 4.74 Å². The van der Waals surface area contributed by atoms with E-state index in [0.29, 0.717) is 17.4 Å². The number of benzene rings is 1. The third-order valence-electron chi connectivity index (χ3n) is 5.26. The molecule has 1 heterocycles. The first kappa shape index (κ1) is 15.4. The minimum atomic E-state index is 0.301. The maximum atomic E-state index is 5.44. The van der Waals surface area contributed by atoms with Crippen LogP contribution in [0.25, 0.3) is 0 Å². The second kappa shape index (κ2) is 6.17. The Morgan fingerprint density at radius 1 is 1.35 bits per heavy atom. The highest BCUT2D eigenvalue weighted by Crippen LogP contribution is 2.45. The van der Waals surface area contributed by atoms with Gasteiger partial charge in [-0.1, -0.05) is 32.4 Å². The van der Waals surface area contributed by atoms with Gasteiger partial charge in [0.2, 0.25) is 0 Å². The van der Waals surface area contributed by atoms with Crippen LogP contribution in [0, 0.1) is 5.92 Å². The molecular formula is C18H29NO. The summed E-state index contributed by atoms with van der Waals surface area (Å²) in [5, 5.41) is 0. The van der Waals surface area contributed by atoms with Crippen molar-refractivity contribution in [3.05, 3.63) is 29.8 Å². The zero-order valence-corrected chi connectivity index (χ0v) is 13.6. The van der Waals surface area contributed by atoms with Crippen LogP contribution in [-0.2, 0) is 5.41 Å². The number of ether oxygens (including phenoxy) is 1. The van der Waals surface area contributed by atoms with E-state index in [0.717, 1.165) is 5.75 Å². The van der Waals surface area contributed by atoms with Crippen molar-refractivity contribution in [1.82, 2.24) is 4.90 Å². The van der Waals surface area contributed by atoms with E-state index in [2.05, 4.69) is 50.9 Å². The van der Waals surface area contributed by atoms with E-state index in [1.54, 1.807) is 7.11 Å². The highest BCUT2D eigenvalue weighted by molar-refractivity contribution is 5.35. The predicted octanol–water partition coefficient (Wildman–Crippen LogP) is 4.09. The Labute approximate surface area is 124 Å². The number of piperidine rings is 1. The molecule has 0 bridgehead atoms. The summed E-state index contributed by atoms with van der Waals surface area (Å²) in [5.74, 6) is 1.66. The Bertz CT molecular complexity index is 445. The van der Waals surface area contributed by atoms with Crippen LogP contribution >= 0.6 is 0 Å². The normalized spacial score (nSPS) is 31.2. The molecule has 1 fully saturated rings. The molecule has 2 heteroatoms. The van der Waals surface area contributed by atoms with Gasteiger partial charge < -0.3 is 9.64 Å². The second-order valence-electron chi connectivity index (χ2n) is 6.53. The zero-order valence-electron chi connectivity index (χ0n) is 13.6. The summed E-state index contributed by atoms with van der Waals surface area (Å²) in [6.07, 6.45) is 3.74. The molecular weight excluding hydrogens is 246 g/mol. The lowest BCUT2D eigenvalue weighted by atomic mass is 9.62. The smallest absolute Gasteiger partial charge is 0.119 e. The summed E-state index contributed by atoms with van der Waals surface area (Å²) in [6.45, 7) is 8.25. The van der Waals surface area contributed by atoms with Crippen molar-refractivity contribution in [3.8, 4) is 5.75 Å². The van der Waals surface area contributed by atoms with Gasteiger partial charge in [-0.05, 0) is 50.4 Å². The number of rotatable bonds is 4. The van der Waals surface area contributed by atoms with Gasteiger partial charge in [0.15, 0.2) is 0 Å². The van der Waals surface area contributed by atoms with Crippen LogP contribution in [0.1, 0.15) is 45.6 Å². The lowest BCUT2D eigenvalue weighted by Gasteiger charge is -2.49. The molecule has 3 atom stereocenters. The number of hydrogen-bond donors (Lipinski definition) is 0. The average Bonchev–Trinajstić information content (AvgIpc) is 2.45. The first-order valence-electron chi connectivity index (χ1n) is 7.88. The van der Waals surface area contributed by atoms with Crippen LogP contribution in [0.5, 0.6) is 5.75 Å². The fraction of sp³-hybridized carbons (Fsp3) is 0.667. The van der Waals surface area contributed by atoms with Crippen LogP contribution in [0.2, 0.25) is 0 Å². The molecule has 0 aromatic heterocycles. The zero-order chi connectivity index (χ0) is 14.8.